The zero-order valence-electron chi connectivity index (χ0n) is 15.3. The SMILES string of the molecule is CCCCCCCCCCCCCCCC(=O)OC(=O)CNC. The molecule has 1 N–H and O–H groups in total. The van der Waals surface area contributed by atoms with Gasteiger partial charge in [-0.1, -0.05) is 84.0 Å². The summed E-state index contributed by atoms with van der Waals surface area (Å²) < 4.78 is 4.66. The Morgan fingerprint density at radius 3 is 1.57 bits per heavy atom. The van der Waals surface area contributed by atoms with E-state index in [4.69, 9.17) is 0 Å². The van der Waals surface area contributed by atoms with E-state index < -0.39 is 11.9 Å². The lowest BCUT2D eigenvalue weighted by molar-refractivity contribution is -0.158. The Morgan fingerprint density at radius 1 is 0.696 bits per heavy atom. The molecule has 0 bridgehead atoms. The van der Waals surface area contributed by atoms with E-state index >= 15 is 0 Å². The van der Waals surface area contributed by atoms with Crippen LogP contribution in [-0.4, -0.2) is 25.5 Å². The Hall–Kier alpha value is -0.900. The van der Waals surface area contributed by atoms with Gasteiger partial charge >= 0.3 is 11.9 Å². The normalized spacial score (nSPS) is 10.7. The summed E-state index contributed by atoms with van der Waals surface area (Å²) in [4.78, 5) is 22.4. The summed E-state index contributed by atoms with van der Waals surface area (Å²) in [5.74, 6) is -0.888. The van der Waals surface area contributed by atoms with Crippen LogP contribution in [0.1, 0.15) is 96.8 Å². The number of hydrogen-bond donors (Lipinski definition) is 1. The second-order valence-corrected chi connectivity index (χ2v) is 6.37. The lowest BCUT2D eigenvalue weighted by Crippen LogP contribution is -2.23. The van der Waals surface area contributed by atoms with Crippen LogP contribution >= 0.6 is 0 Å². The van der Waals surface area contributed by atoms with Crippen LogP contribution < -0.4 is 5.32 Å². The summed E-state index contributed by atoms with van der Waals surface area (Å²) in [5.41, 5.74) is 0. The number of ether oxygens (including phenoxy) is 1. The summed E-state index contributed by atoms with van der Waals surface area (Å²) in [7, 11) is 1.65. The molecule has 4 nitrogen and oxygen atoms in total. The molecule has 136 valence electrons. The van der Waals surface area contributed by atoms with E-state index in [1.54, 1.807) is 7.05 Å². The van der Waals surface area contributed by atoms with Gasteiger partial charge < -0.3 is 10.1 Å². The third-order valence-electron chi connectivity index (χ3n) is 4.03. The average molecular weight is 328 g/mol. The maximum absolute atomic E-state index is 11.4. The lowest BCUT2D eigenvalue weighted by Gasteiger charge is -2.04. The van der Waals surface area contributed by atoms with E-state index in [2.05, 4.69) is 17.0 Å². The van der Waals surface area contributed by atoms with Crippen LogP contribution in [0.3, 0.4) is 0 Å². The topological polar surface area (TPSA) is 55.4 Å². The van der Waals surface area contributed by atoms with Crippen molar-refractivity contribution in [3.63, 3.8) is 0 Å². The van der Waals surface area contributed by atoms with Crippen LogP contribution in [0.5, 0.6) is 0 Å². The zero-order chi connectivity index (χ0) is 17.2. The highest BCUT2D eigenvalue weighted by atomic mass is 16.6. The molecule has 0 aromatic carbocycles. The molecule has 0 aliphatic carbocycles. The van der Waals surface area contributed by atoms with Crippen LogP contribution in [0.2, 0.25) is 0 Å². The fraction of sp³-hybridized carbons (Fsp3) is 0.895. The smallest absolute Gasteiger partial charge is 0.327 e. The maximum Gasteiger partial charge on any atom is 0.327 e. The Bertz CT molecular complexity index is 292. The predicted molar refractivity (Wildman–Crippen MR) is 95.3 cm³/mol. The molecule has 0 aromatic rings. The number of hydrogen-bond acceptors (Lipinski definition) is 4. The molecule has 0 rings (SSSR count). The van der Waals surface area contributed by atoms with Crippen molar-refractivity contribution in [1.82, 2.24) is 5.32 Å². The first-order chi connectivity index (χ1) is 11.2. The number of carbonyl (C=O) groups is 2. The summed E-state index contributed by atoms with van der Waals surface area (Å²) in [6, 6.07) is 0. The number of esters is 2. The first-order valence-corrected chi connectivity index (χ1v) is 9.58. The van der Waals surface area contributed by atoms with Gasteiger partial charge in [-0.15, -0.1) is 0 Å². The number of rotatable bonds is 16. The van der Waals surface area contributed by atoms with Gasteiger partial charge in [0.15, 0.2) is 0 Å². The van der Waals surface area contributed by atoms with Gasteiger partial charge in [0, 0.05) is 6.42 Å². The van der Waals surface area contributed by atoms with Crippen LogP contribution in [0.25, 0.3) is 0 Å². The van der Waals surface area contributed by atoms with Crippen molar-refractivity contribution in [3.05, 3.63) is 0 Å². The minimum Gasteiger partial charge on any atom is -0.392 e. The Balaban J connectivity index is 3.18. The van der Waals surface area contributed by atoms with E-state index in [9.17, 15) is 9.59 Å². The monoisotopic (exact) mass is 327 g/mol. The number of unbranched alkanes of at least 4 members (excludes halogenated alkanes) is 12. The summed E-state index contributed by atoms with van der Waals surface area (Å²) in [6.45, 7) is 2.34. The van der Waals surface area contributed by atoms with Crippen LogP contribution in [0, 0.1) is 0 Å². The molecule has 0 saturated heterocycles. The minimum atomic E-state index is -0.493. The van der Waals surface area contributed by atoms with Crippen molar-refractivity contribution in [1.29, 1.82) is 0 Å². The molecule has 0 unspecified atom stereocenters. The van der Waals surface area contributed by atoms with Gasteiger partial charge in [0.2, 0.25) is 0 Å². The molecule has 23 heavy (non-hydrogen) atoms. The maximum atomic E-state index is 11.4. The fourth-order valence-corrected chi connectivity index (χ4v) is 2.65. The molecule has 0 radical (unpaired) electrons. The van der Waals surface area contributed by atoms with Gasteiger partial charge in [-0.05, 0) is 13.5 Å². The molecular weight excluding hydrogens is 290 g/mol. The molecule has 0 saturated carbocycles. The molecule has 0 amide bonds. The van der Waals surface area contributed by atoms with E-state index in [-0.39, 0.29) is 6.54 Å². The fourth-order valence-electron chi connectivity index (χ4n) is 2.65. The number of likely N-dealkylation sites (N-methyl/N-ethyl adjacent to an activating group) is 1. The Morgan fingerprint density at radius 2 is 1.13 bits per heavy atom. The van der Waals surface area contributed by atoms with Crippen molar-refractivity contribution >= 4 is 11.9 Å². The summed E-state index contributed by atoms with van der Waals surface area (Å²) >= 11 is 0. The van der Waals surface area contributed by atoms with Gasteiger partial charge in [-0.3, -0.25) is 9.59 Å². The van der Waals surface area contributed by atoms with E-state index in [1.807, 2.05) is 0 Å². The predicted octanol–water partition coefficient (Wildman–Crippen LogP) is 4.76. The quantitative estimate of drug-likeness (QED) is 0.252. The second kappa shape index (κ2) is 17.5. The first kappa shape index (κ1) is 22.1. The second-order valence-electron chi connectivity index (χ2n) is 6.37. The molecule has 0 atom stereocenters. The van der Waals surface area contributed by atoms with Crippen molar-refractivity contribution in [2.45, 2.75) is 96.8 Å². The first-order valence-electron chi connectivity index (χ1n) is 9.58. The molecular formula is C19H37NO3. The highest BCUT2D eigenvalue weighted by Gasteiger charge is 2.08. The lowest BCUT2D eigenvalue weighted by atomic mass is 10.0. The summed E-state index contributed by atoms with van der Waals surface area (Å²) in [5, 5.41) is 2.66. The Kier molecular flexibility index (Phi) is 16.8. The van der Waals surface area contributed by atoms with Crippen LogP contribution in [0.4, 0.5) is 0 Å². The standard InChI is InChI=1S/C19H37NO3/c1-3-4-5-6-7-8-9-10-11-12-13-14-15-16-18(21)23-19(22)17-20-2/h20H,3-17H2,1-2H3. The van der Waals surface area contributed by atoms with Gasteiger partial charge in [-0.2, -0.15) is 0 Å². The largest absolute Gasteiger partial charge is 0.392 e. The molecule has 0 heterocycles. The Labute approximate surface area is 142 Å². The van der Waals surface area contributed by atoms with Gasteiger partial charge in [0.25, 0.3) is 0 Å². The molecule has 0 aliphatic heterocycles. The number of nitrogens with one attached hydrogen (secondary N) is 1. The highest BCUT2D eigenvalue weighted by molar-refractivity contribution is 5.86. The zero-order valence-corrected chi connectivity index (χ0v) is 15.3. The van der Waals surface area contributed by atoms with E-state index in [0.717, 1.165) is 12.8 Å². The van der Waals surface area contributed by atoms with Crippen molar-refractivity contribution in [3.8, 4) is 0 Å². The molecule has 0 fully saturated rings. The molecule has 0 aromatic heterocycles. The van der Waals surface area contributed by atoms with Crippen LogP contribution in [0.15, 0.2) is 0 Å². The summed E-state index contributed by atoms with van der Waals surface area (Å²) in [6.07, 6.45) is 17.0. The van der Waals surface area contributed by atoms with E-state index in [1.165, 1.54) is 70.6 Å². The third-order valence-corrected chi connectivity index (χ3v) is 4.03. The average Bonchev–Trinajstić information content (AvgIpc) is 2.52. The molecule has 4 heteroatoms. The highest BCUT2D eigenvalue weighted by Crippen LogP contribution is 2.13. The van der Waals surface area contributed by atoms with Gasteiger partial charge in [0.1, 0.15) is 0 Å². The van der Waals surface area contributed by atoms with Gasteiger partial charge in [0.05, 0.1) is 6.54 Å². The van der Waals surface area contributed by atoms with Crippen molar-refractivity contribution in [2.24, 2.45) is 0 Å². The molecule has 0 aliphatic rings. The minimum absolute atomic E-state index is 0.0876. The van der Waals surface area contributed by atoms with Crippen molar-refractivity contribution < 1.29 is 14.3 Å². The third kappa shape index (κ3) is 17.3. The number of carbonyl (C=O) groups excluding carboxylic acids is 2. The van der Waals surface area contributed by atoms with Gasteiger partial charge in [-0.25, -0.2) is 0 Å². The molecule has 0 spiro atoms. The van der Waals surface area contributed by atoms with E-state index in [0.29, 0.717) is 6.42 Å². The van der Waals surface area contributed by atoms with Crippen molar-refractivity contribution in [2.75, 3.05) is 13.6 Å². The van der Waals surface area contributed by atoms with Crippen LogP contribution in [-0.2, 0) is 14.3 Å².